The van der Waals surface area contributed by atoms with E-state index in [1.54, 1.807) is 30.9 Å². The van der Waals surface area contributed by atoms with E-state index in [-0.39, 0.29) is 29.7 Å². The Hall–Kier alpha value is -2.84. The summed E-state index contributed by atoms with van der Waals surface area (Å²) in [4.78, 5) is 16.3. The van der Waals surface area contributed by atoms with Gasteiger partial charge in [0.2, 0.25) is 0 Å². The molecule has 26 heavy (non-hydrogen) atoms. The van der Waals surface area contributed by atoms with Gasteiger partial charge in [-0.1, -0.05) is 0 Å². The van der Waals surface area contributed by atoms with Crippen LogP contribution in [0.3, 0.4) is 0 Å². The fraction of sp³-hybridized carbons (Fsp3) is 0.412. The summed E-state index contributed by atoms with van der Waals surface area (Å²) in [5.74, 6) is -0.499. The van der Waals surface area contributed by atoms with E-state index in [0.717, 1.165) is 0 Å². The molecule has 0 saturated carbocycles. The number of esters is 1. The van der Waals surface area contributed by atoms with E-state index in [9.17, 15) is 13.6 Å². The van der Waals surface area contributed by atoms with Crippen molar-refractivity contribution in [3.63, 3.8) is 0 Å². The molecule has 0 spiro atoms. The second kappa shape index (κ2) is 7.19. The third-order valence-corrected chi connectivity index (χ3v) is 3.98. The Balaban J connectivity index is 2.17. The van der Waals surface area contributed by atoms with Crippen LogP contribution in [0.1, 0.15) is 31.5 Å². The lowest BCUT2D eigenvalue weighted by molar-refractivity contribution is -0.143. The summed E-state index contributed by atoms with van der Waals surface area (Å²) in [6, 6.07) is 1.35. The van der Waals surface area contributed by atoms with Crippen molar-refractivity contribution in [2.45, 2.75) is 40.3 Å². The van der Waals surface area contributed by atoms with E-state index in [4.69, 9.17) is 4.74 Å². The van der Waals surface area contributed by atoms with Gasteiger partial charge < -0.3 is 4.74 Å². The number of carbonyl (C=O) groups is 1. The van der Waals surface area contributed by atoms with Crippen LogP contribution in [0.4, 0.5) is 8.78 Å². The second-order valence-electron chi connectivity index (χ2n) is 5.73. The summed E-state index contributed by atoms with van der Waals surface area (Å²) in [6.07, 6.45) is 0.619. The monoisotopic (exact) mass is 363 g/mol. The molecule has 0 unspecified atom stereocenters. The van der Waals surface area contributed by atoms with Crippen LogP contribution >= 0.6 is 0 Å². The Kier molecular flexibility index (Phi) is 4.97. The van der Waals surface area contributed by atoms with Gasteiger partial charge in [-0.3, -0.25) is 9.48 Å². The molecule has 0 fully saturated rings. The largest absolute Gasteiger partial charge is 0.465 e. The highest BCUT2D eigenvalue weighted by atomic mass is 19.3. The summed E-state index contributed by atoms with van der Waals surface area (Å²) in [5, 5.41) is 8.63. The van der Waals surface area contributed by atoms with Crippen LogP contribution in [0.2, 0.25) is 0 Å². The number of ether oxygens (including phenoxy) is 1. The van der Waals surface area contributed by atoms with Crippen LogP contribution in [0.15, 0.2) is 18.5 Å². The first kappa shape index (κ1) is 18.0. The average Bonchev–Trinajstić information content (AvgIpc) is 3.20. The average molecular weight is 363 g/mol. The van der Waals surface area contributed by atoms with Gasteiger partial charge in [0, 0.05) is 23.9 Å². The predicted octanol–water partition coefficient (Wildman–Crippen LogP) is 3.12. The highest BCUT2D eigenvalue weighted by molar-refractivity contribution is 5.86. The van der Waals surface area contributed by atoms with E-state index in [1.165, 1.54) is 10.7 Å². The Morgan fingerprint density at radius 2 is 2.12 bits per heavy atom. The Bertz CT molecular complexity index is 948. The molecule has 3 aromatic heterocycles. The van der Waals surface area contributed by atoms with E-state index >= 15 is 0 Å². The van der Waals surface area contributed by atoms with Crippen LogP contribution in [-0.2, 0) is 22.6 Å². The number of alkyl halides is 2. The fourth-order valence-electron chi connectivity index (χ4n) is 2.81. The molecule has 0 atom stereocenters. The molecule has 0 N–H and O–H groups in total. The molecule has 0 bridgehead atoms. The van der Waals surface area contributed by atoms with Crippen molar-refractivity contribution in [1.82, 2.24) is 24.5 Å². The Labute approximate surface area is 148 Å². The number of nitrogens with zero attached hydrogens (tertiary/aromatic N) is 5. The fourth-order valence-corrected chi connectivity index (χ4v) is 2.81. The molecule has 9 heteroatoms. The maximum absolute atomic E-state index is 13.7. The second-order valence-corrected chi connectivity index (χ2v) is 5.73. The molecule has 3 aromatic rings. The molecule has 138 valence electrons. The number of aryl methyl sites for hydroxylation is 2. The minimum atomic E-state index is -2.69. The van der Waals surface area contributed by atoms with Gasteiger partial charge in [-0.05, 0) is 26.8 Å². The number of aromatic nitrogens is 5. The molecule has 0 saturated heterocycles. The minimum absolute atomic E-state index is 0.165. The SMILES string of the molecule is CCOC(=O)Cn1nc(C)c2c(C(F)F)cc(-c3cnn(CC)c3)nc21. The summed E-state index contributed by atoms with van der Waals surface area (Å²) in [5.41, 5.74) is 1.44. The Morgan fingerprint density at radius 1 is 1.35 bits per heavy atom. The van der Waals surface area contributed by atoms with Crippen molar-refractivity contribution in [2.24, 2.45) is 0 Å². The highest BCUT2D eigenvalue weighted by Gasteiger charge is 2.22. The van der Waals surface area contributed by atoms with E-state index in [0.29, 0.717) is 23.5 Å². The molecule has 7 nitrogen and oxygen atoms in total. The molecule has 0 aliphatic carbocycles. The van der Waals surface area contributed by atoms with Crippen molar-refractivity contribution in [3.05, 3.63) is 29.7 Å². The third-order valence-electron chi connectivity index (χ3n) is 3.98. The molecule has 0 aliphatic heterocycles. The zero-order chi connectivity index (χ0) is 18.8. The molecule has 3 rings (SSSR count). The molecule has 0 aromatic carbocycles. The summed E-state index contributed by atoms with van der Waals surface area (Å²) < 4.78 is 35.2. The van der Waals surface area contributed by atoms with Crippen LogP contribution in [0.5, 0.6) is 0 Å². The van der Waals surface area contributed by atoms with Crippen molar-refractivity contribution in [1.29, 1.82) is 0 Å². The van der Waals surface area contributed by atoms with Gasteiger partial charge in [0.15, 0.2) is 5.65 Å². The van der Waals surface area contributed by atoms with Crippen LogP contribution < -0.4 is 0 Å². The molecule has 3 heterocycles. The lowest BCUT2D eigenvalue weighted by Crippen LogP contribution is -2.15. The third kappa shape index (κ3) is 3.29. The number of hydrogen-bond donors (Lipinski definition) is 0. The first-order valence-electron chi connectivity index (χ1n) is 8.29. The van der Waals surface area contributed by atoms with Crippen molar-refractivity contribution >= 4 is 17.0 Å². The smallest absolute Gasteiger partial charge is 0.327 e. The van der Waals surface area contributed by atoms with Crippen LogP contribution in [-0.4, -0.2) is 37.1 Å². The first-order valence-corrected chi connectivity index (χ1v) is 8.29. The van der Waals surface area contributed by atoms with Crippen LogP contribution in [0, 0.1) is 6.92 Å². The predicted molar refractivity (Wildman–Crippen MR) is 90.8 cm³/mol. The van der Waals surface area contributed by atoms with Gasteiger partial charge >= 0.3 is 5.97 Å². The highest BCUT2D eigenvalue weighted by Crippen LogP contribution is 2.32. The number of halogens is 2. The van der Waals surface area contributed by atoms with Gasteiger partial charge in [0.05, 0.1) is 29.6 Å². The van der Waals surface area contributed by atoms with Crippen LogP contribution in [0.25, 0.3) is 22.3 Å². The molecule has 0 aliphatic rings. The van der Waals surface area contributed by atoms with Crippen molar-refractivity contribution in [3.8, 4) is 11.3 Å². The molecule has 0 amide bonds. The van der Waals surface area contributed by atoms with E-state index in [1.807, 2.05) is 6.92 Å². The lowest BCUT2D eigenvalue weighted by Gasteiger charge is -2.07. The van der Waals surface area contributed by atoms with Gasteiger partial charge in [0.1, 0.15) is 6.54 Å². The summed E-state index contributed by atoms with van der Waals surface area (Å²) in [7, 11) is 0. The lowest BCUT2D eigenvalue weighted by atomic mass is 10.1. The van der Waals surface area contributed by atoms with E-state index < -0.39 is 12.4 Å². The van der Waals surface area contributed by atoms with E-state index in [2.05, 4.69) is 15.2 Å². The summed E-state index contributed by atoms with van der Waals surface area (Å²) >= 11 is 0. The van der Waals surface area contributed by atoms with Crippen molar-refractivity contribution < 1.29 is 18.3 Å². The van der Waals surface area contributed by atoms with Gasteiger partial charge in [-0.2, -0.15) is 10.2 Å². The maximum atomic E-state index is 13.7. The zero-order valence-electron chi connectivity index (χ0n) is 14.7. The zero-order valence-corrected chi connectivity index (χ0v) is 14.7. The number of fused-ring (bicyclic) bond motifs is 1. The number of hydrogen-bond acceptors (Lipinski definition) is 5. The normalized spacial score (nSPS) is 11.5. The number of rotatable bonds is 6. The van der Waals surface area contributed by atoms with Gasteiger partial charge in [-0.25, -0.2) is 18.4 Å². The molecular formula is C17H19F2N5O2. The minimum Gasteiger partial charge on any atom is -0.465 e. The number of carbonyl (C=O) groups excluding carboxylic acids is 1. The molecule has 0 radical (unpaired) electrons. The molecular weight excluding hydrogens is 344 g/mol. The van der Waals surface area contributed by atoms with Crippen molar-refractivity contribution in [2.75, 3.05) is 6.61 Å². The summed E-state index contributed by atoms with van der Waals surface area (Å²) in [6.45, 7) is 5.94. The number of pyridine rings is 1. The standard InChI is InChI=1S/C17H19F2N5O2/c1-4-23-8-11(7-20-23)13-6-12(16(18)19)15-10(3)22-24(17(15)21-13)9-14(25)26-5-2/h6-8,16H,4-5,9H2,1-3H3. The first-order chi connectivity index (χ1) is 12.4. The maximum Gasteiger partial charge on any atom is 0.327 e. The topological polar surface area (TPSA) is 74.8 Å². The van der Waals surface area contributed by atoms with Gasteiger partial charge in [-0.15, -0.1) is 0 Å². The quantitative estimate of drug-likeness (QED) is 0.629. The Morgan fingerprint density at radius 3 is 2.73 bits per heavy atom. The van der Waals surface area contributed by atoms with Gasteiger partial charge in [0.25, 0.3) is 6.43 Å².